The molecule has 0 aliphatic rings. The summed E-state index contributed by atoms with van der Waals surface area (Å²) < 4.78 is 0. The fraction of sp³-hybridized carbons (Fsp3) is 0. The normalized spacial score (nSPS) is 7.44. The number of rotatable bonds is 0. The van der Waals surface area contributed by atoms with E-state index in [0.717, 1.165) is 0 Å². The summed E-state index contributed by atoms with van der Waals surface area (Å²) in [4.78, 5) is 0.235. The van der Waals surface area contributed by atoms with Crippen molar-refractivity contribution in [1.82, 2.24) is 20.4 Å². The first-order valence-electron chi connectivity index (χ1n) is 1.72. The predicted octanol–water partition coefficient (Wildman–Crippen LogP) is -1.22. The van der Waals surface area contributed by atoms with E-state index in [9.17, 15) is 0 Å². The molecule has 0 spiro atoms. The molecule has 1 N–H and O–H groups in total. The molecule has 9 heavy (non-hydrogen) atoms. The van der Waals surface area contributed by atoms with Crippen LogP contribution in [-0.4, -0.2) is 25.6 Å². The molecule has 6 nitrogen and oxygen atoms in total. The smallest absolute Gasteiger partial charge is 0.277 e. The van der Waals surface area contributed by atoms with E-state index in [0.29, 0.717) is 0 Å². The number of nitriles is 1. The SMILES string of the molecule is N#Cc1nnn(O)n1.[Ag]. The van der Waals surface area contributed by atoms with Gasteiger partial charge in [-0.2, -0.15) is 5.26 Å². The van der Waals surface area contributed by atoms with Gasteiger partial charge in [0, 0.05) is 27.3 Å². The van der Waals surface area contributed by atoms with Crippen LogP contribution in [0.4, 0.5) is 0 Å². The van der Waals surface area contributed by atoms with Gasteiger partial charge in [-0.1, -0.05) is 10.2 Å². The fourth-order valence-corrected chi connectivity index (χ4v) is 0.252. The number of tetrazole rings is 1. The maximum Gasteiger partial charge on any atom is 0.277 e. The molecule has 0 aliphatic carbocycles. The van der Waals surface area contributed by atoms with E-state index in [1.807, 2.05) is 0 Å². The average Bonchev–Trinajstić information content (AvgIpc) is 2.14. The van der Waals surface area contributed by atoms with Crippen LogP contribution in [0, 0.1) is 11.3 Å². The minimum atomic E-state index is -0.146. The second-order valence-electron chi connectivity index (χ2n) is 0.993. The van der Waals surface area contributed by atoms with Gasteiger partial charge >= 0.3 is 0 Å². The summed E-state index contributed by atoms with van der Waals surface area (Å²) in [7, 11) is 0. The van der Waals surface area contributed by atoms with Gasteiger partial charge in [-0.15, -0.1) is 0 Å². The molecular formula is C2HAgN5O. The van der Waals surface area contributed by atoms with Gasteiger partial charge in [0.2, 0.25) is 0 Å². The van der Waals surface area contributed by atoms with Crippen LogP contribution in [0.5, 0.6) is 0 Å². The molecule has 0 unspecified atom stereocenters. The minimum Gasteiger partial charge on any atom is -0.395 e. The molecule has 0 amide bonds. The van der Waals surface area contributed by atoms with Gasteiger partial charge in [-0.05, 0) is 5.21 Å². The van der Waals surface area contributed by atoms with Gasteiger partial charge in [-0.25, -0.2) is 0 Å². The Labute approximate surface area is 65.6 Å². The third-order valence-electron chi connectivity index (χ3n) is 0.504. The van der Waals surface area contributed by atoms with Gasteiger partial charge in [-0.3, -0.25) is 0 Å². The number of nitrogens with zero attached hydrogens (tertiary/aromatic N) is 5. The zero-order valence-electron chi connectivity index (χ0n) is 3.98. The third-order valence-corrected chi connectivity index (χ3v) is 0.504. The molecular weight excluding hydrogens is 218 g/mol. The quantitative estimate of drug-likeness (QED) is 0.436. The van der Waals surface area contributed by atoms with Crippen LogP contribution in [0.1, 0.15) is 5.82 Å². The maximum atomic E-state index is 8.26. The molecule has 51 valence electrons. The zero-order chi connectivity index (χ0) is 5.98. The number of hydrogen-bond acceptors (Lipinski definition) is 5. The van der Waals surface area contributed by atoms with E-state index in [-0.39, 0.29) is 33.2 Å². The third kappa shape index (κ3) is 1.81. The molecule has 1 radical (unpaired) electrons. The summed E-state index contributed by atoms with van der Waals surface area (Å²) in [6.45, 7) is 0. The van der Waals surface area contributed by atoms with E-state index in [2.05, 4.69) is 15.4 Å². The fourth-order valence-electron chi connectivity index (χ4n) is 0.252. The van der Waals surface area contributed by atoms with E-state index in [1.54, 1.807) is 6.07 Å². The average molecular weight is 219 g/mol. The second kappa shape index (κ2) is 3.19. The Balaban J connectivity index is 0.000000640. The zero-order valence-corrected chi connectivity index (χ0v) is 5.47. The van der Waals surface area contributed by atoms with Crippen molar-refractivity contribution < 1.29 is 27.6 Å². The van der Waals surface area contributed by atoms with E-state index in [1.165, 1.54) is 0 Å². The molecule has 0 aliphatic heterocycles. The van der Waals surface area contributed by atoms with Crippen LogP contribution in [0.3, 0.4) is 0 Å². The van der Waals surface area contributed by atoms with Crippen molar-refractivity contribution in [3.05, 3.63) is 5.82 Å². The summed E-state index contributed by atoms with van der Waals surface area (Å²) in [5.74, 6) is -0.146. The van der Waals surface area contributed by atoms with Crippen LogP contribution < -0.4 is 0 Å². The molecule has 0 aromatic carbocycles. The van der Waals surface area contributed by atoms with Crippen molar-refractivity contribution in [2.45, 2.75) is 0 Å². The molecule has 1 aromatic heterocycles. The molecule has 1 rings (SSSR count). The van der Waals surface area contributed by atoms with E-state index in [4.69, 9.17) is 10.5 Å². The van der Waals surface area contributed by atoms with Gasteiger partial charge in [0.25, 0.3) is 5.82 Å². The number of aromatic nitrogens is 4. The summed E-state index contributed by atoms with van der Waals surface area (Å²) in [6, 6.07) is 1.58. The van der Waals surface area contributed by atoms with Crippen LogP contribution in [0.2, 0.25) is 0 Å². The monoisotopic (exact) mass is 218 g/mol. The Morgan fingerprint density at radius 2 is 2.33 bits per heavy atom. The first-order valence-corrected chi connectivity index (χ1v) is 1.72. The first-order chi connectivity index (χ1) is 3.83. The number of hydrogen-bond donors (Lipinski definition) is 1. The standard InChI is InChI=1S/C2HN5O.Ag/c3-1-2-4-6-7(8)5-2;/h8H;. The van der Waals surface area contributed by atoms with E-state index < -0.39 is 0 Å². The van der Waals surface area contributed by atoms with Crippen molar-refractivity contribution in [2.24, 2.45) is 0 Å². The molecule has 0 saturated heterocycles. The van der Waals surface area contributed by atoms with Gasteiger partial charge in [0.05, 0.1) is 0 Å². The summed E-state index contributed by atoms with van der Waals surface area (Å²) in [5.41, 5.74) is 0. The maximum absolute atomic E-state index is 8.26. The Bertz CT molecular complexity index is 225. The van der Waals surface area contributed by atoms with Gasteiger partial charge in [0.1, 0.15) is 6.07 Å². The molecule has 1 aromatic rings. The Hall–Kier alpha value is -0.900. The molecule has 0 atom stereocenters. The molecule has 1 heterocycles. The van der Waals surface area contributed by atoms with Crippen LogP contribution in [0.15, 0.2) is 0 Å². The van der Waals surface area contributed by atoms with Gasteiger partial charge < -0.3 is 5.21 Å². The van der Waals surface area contributed by atoms with Crippen LogP contribution in [0.25, 0.3) is 0 Å². The minimum absolute atomic E-state index is 0. The Morgan fingerprint density at radius 1 is 1.67 bits per heavy atom. The van der Waals surface area contributed by atoms with Crippen molar-refractivity contribution in [3.63, 3.8) is 0 Å². The van der Waals surface area contributed by atoms with Crippen molar-refractivity contribution in [3.8, 4) is 6.07 Å². The van der Waals surface area contributed by atoms with E-state index >= 15 is 0 Å². The van der Waals surface area contributed by atoms with Crippen molar-refractivity contribution >= 4 is 0 Å². The first kappa shape index (κ1) is 8.10. The Morgan fingerprint density at radius 3 is 2.56 bits per heavy atom. The topological polar surface area (TPSA) is 87.6 Å². The van der Waals surface area contributed by atoms with Crippen molar-refractivity contribution in [2.75, 3.05) is 0 Å². The molecule has 0 bridgehead atoms. The van der Waals surface area contributed by atoms with Crippen molar-refractivity contribution in [1.29, 1.82) is 5.26 Å². The Kier molecular flexibility index (Phi) is 2.87. The van der Waals surface area contributed by atoms with Gasteiger partial charge in [0.15, 0.2) is 0 Å². The second-order valence-corrected chi connectivity index (χ2v) is 0.993. The summed E-state index contributed by atoms with van der Waals surface area (Å²) in [5, 5.41) is 25.5. The summed E-state index contributed by atoms with van der Waals surface area (Å²) in [6.07, 6.45) is 0. The molecule has 0 fully saturated rings. The molecule has 7 heteroatoms. The molecule has 0 saturated carbocycles. The summed E-state index contributed by atoms with van der Waals surface area (Å²) >= 11 is 0. The largest absolute Gasteiger partial charge is 0.395 e. The van der Waals surface area contributed by atoms with Crippen LogP contribution >= 0.6 is 0 Å². The van der Waals surface area contributed by atoms with Crippen LogP contribution in [-0.2, 0) is 22.4 Å². The predicted molar refractivity (Wildman–Crippen MR) is 19.7 cm³/mol.